The lowest BCUT2D eigenvalue weighted by Gasteiger charge is -2.27. The Bertz CT molecular complexity index is 464. The van der Waals surface area contributed by atoms with Crippen molar-refractivity contribution in [2.75, 3.05) is 0 Å². The molecule has 0 aliphatic rings. The lowest BCUT2D eigenvalue weighted by atomic mass is 9.81. The maximum Gasteiger partial charge on any atom is 0.328 e. The first-order valence-corrected chi connectivity index (χ1v) is 6.25. The van der Waals surface area contributed by atoms with Crippen LogP contribution in [-0.2, 0) is 15.0 Å². The number of rotatable bonds is 5. The number of aliphatic carboxylic acids is 1. The first kappa shape index (κ1) is 15.2. The summed E-state index contributed by atoms with van der Waals surface area (Å²) in [5.41, 5.74) is -0.526. The second-order valence-corrected chi connectivity index (χ2v) is 5.91. The van der Waals surface area contributed by atoms with Gasteiger partial charge >= 0.3 is 5.97 Å². The number of amides is 1. The standard InChI is InChI=1S/C15H21NO3/c1-14(2,11-8-6-5-7-9-11)10-12(17)16-15(3,4)13(18)19/h5-9H,10H2,1-4H3,(H,16,17)(H,18,19). The van der Waals surface area contributed by atoms with E-state index in [1.807, 2.05) is 44.2 Å². The molecule has 0 fully saturated rings. The molecule has 4 heteroatoms. The van der Waals surface area contributed by atoms with Crippen molar-refractivity contribution < 1.29 is 14.7 Å². The second-order valence-electron chi connectivity index (χ2n) is 5.91. The van der Waals surface area contributed by atoms with E-state index in [0.29, 0.717) is 0 Å². The van der Waals surface area contributed by atoms with Crippen LogP contribution in [0.4, 0.5) is 0 Å². The molecule has 0 radical (unpaired) electrons. The summed E-state index contributed by atoms with van der Waals surface area (Å²) in [6, 6.07) is 9.71. The Morgan fingerprint density at radius 1 is 1.11 bits per heavy atom. The van der Waals surface area contributed by atoms with E-state index in [9.17, 15) is 9.59 Å². The lowest BCUT2D eigenvalue weighted by molar-refractivity contribution is -0.146. The maximum absolute atomic E-state index is 12.0. The van der Waals surface area contributed by atoms with Gasteiger partial charge in [0.1, 0.15) is 5.54 Å². The summed E-state index contributed by atoms with van der Waals surface area (Å²) in [6.45, 7) is 6.89. The quantitative estimate of drug-likeness (QED) is 0.856. The van der Waals surface area contributed by atoms with E-state index in [1.54, 1.807) is 0 Å². The van der Waals surface area contributed by atoms with Gasteiger partial charge in [0.25, 0.3) is 0 Å². The van der Waals surface area contributed by atoms with Gasteiger partial charge in [0.15, 0.2) is 0 Å². The number of carbonyl (C=O) groups excluding carboxylic acids is 1. The number of carboxylic acids is 1. The van der Waals surface area contributed by atoms with Crippen LogP contribution in [0.3, 0.4) is 0 Å². The van der Waals surface area contributed by atoms with Crippen LogP contribution in [-0.4, -0.2) is 22.5 Å². The molecule has 0 aliphatic carbocycles. The molecule has 1 rings (SSSR count). The summed E-state index contributed by atoms with van der Waals surface area (Å²) in [4.78, 5) is 23.0. The van der Waals surface area contributed by atoms with Gasteiger partial charge in [0.05, 0.1) is 0 Å². The van der Waals surface area contributed by atoms with Crippen molar-refractivity contribution in [2.45, 2.75) is 45.1 Å². The number of nitrogens with one attached hydrogen (secondary N) is 1. The fourth-order valence-electron chi connectivity index (χ4n) is 1.84. The van der Waals surface area contributed by atoms with Gasteiger partial charge < -0.3 is 10.4 Å². The molecule has 1 aromatic carbocycles. The molecule has 19 heavy (non-hydrogen) atoms. The molecule has 2 N–H and O–H groups in total. The third-order valence-electron chi connectivity index (χ3n) is 3.14. The minimum absolute atomic E-state index is 0.244. The maximum atomic E-state index is 12.0. The molecular weight excluding hydrogens is 242 g/mol. The van der Waals surface area contributed by atoms with Crippen LogP contribution >= 0.6 is 0 Å². The van der Waals surface area contributed by atoms with E-state index in [4.69, 9.17) is 5.11 Å². The average molecular weight is 263 g/mol. The molecule has 0 heterocycles. The van der Waals surface area contributed by atoms with Gasteiger partial charge in [-0.25, -0.2) is 4.79 Å². The zero-order chi connectivity index (χ0) is 14.7. The van der Waals surface area contributed by atoms with Gasteiger partial charge in [-0.3, -0.25) is 4.79 Å². The van der Waals surface area contributed by atoms with Gasteiger partial charge in [-0.2, -0.15) is 0 Å². The summed E-state index contributed by atoms with van der Waals surface area (Å²) in [5.74, 6) is -1.31. The van der Waals surface area contributed by atoms with Gasteiger partial charge in [-0.05, 0) is 24.8 Å². The van der Waals surface area contributed by atoms with Crippen LogP contribution in [0.15, 0.2) is 30.3 Å². The van der Waals surface area contributed by atoms with E-state index < -0.39 is 11.5 Å². The first-order chi connectivity index (χ1) is 8.65. The van der Waals surface area contributed by atoms with Crippen LogP contribution in [0.1, 0.15) is 39.7 Å². The fourth-order valence-corrected chi connectivity index (χ4v) is 1.84. The second kappa shape index (κ2) is 5.43. The molecule has 0 saturated heterocycles. The smallest absolute Gasteiger partial charge is 0.328 e. The normalized spacial score (nSPS) is 12.0. The Morgan fingerprint density at radius 2 is 1.63 bits per heavy atom. The molecule has 0 bridgehead atoms. The van der Waals surface area contributed by atoms with E-state index in [2.05, 4.69) is 5.32 Å². The van der Waals surface area contributed by atoms with Crippen molar-refractivity contribution in [2.24, 2.45) is 0 Å². The van der Waals surface area contributed by atoms with Crippen LogP contribution in [0.25, 0.3) is 0 Å². The van der Waals surface area contributed by atoms with Crippen molar-refractivity contribution >= 4 is 11.9 Å². The molecule has 0 aromatic heterocycles. The minimum atomic E-state index is -1.25. The molecule has 0 atom stereocenters. The largest absolute Gasteiger partial charge is 0.480 e. The molecule has 0 unspecified atom stereocenters. The highest BCUT2D eigenvalue weighted by atomic mass is 16.4. The molecular formula is C15H21NO3. The zero-order valence-electron chi connectivity index (χ0n) is 11.9. The summed E-state index contributed by atoms with van der Waals surface area (Å²) >= 11 is 0. The van der Waals surface area contributed by atoms with Crippen molar-refractivity contribution in [3.05, 3.63) is 35.9 Å². The molecule has 1 aromatic rings. The van der Waals surface area contributed by atoms with Crippen molar-refractivity contribution in [1.82, 2.24) is 5.32 Å². The highest BCUT2D eigenvalue weighted by Gasteiger charge is 2.31. The highest BCUT2D eigenvalue weighted by Crippen LogP contribution is 2.26. The SMILES string of the molecule is CC(C)(NC(=O)CC(C)(C)c1ccccc1)C(=O)O. The predicted molar refractivity (Wildman–Crippen MR) is 73.9 cm³/mol. The predicted octanol–water partition coefficient (Wildman–Crippen LogP) is 2.33. The monoisotopic (exact) mass is 263 g/mol. The highest BCUT2D eigenvalue weighted by molar-refractivity contribution is 5.86. The summed E-state index contributed by atoms with van der Waals surface area (Å²) in [6.07, 6.45) is 0.244. The molecule has 0 spiro atoms. The number of carboxylic acid groups (broad SMARTS) is 1. The minimum Gasteiger partial charge on any atom is -0.480 e. The zero-order valence-corrected chi connectivity index (χ0v) is 11.9. The molecule has 104 valence electrons. The number of carbonyl (C=O) groups is 2. The van der Waals surface area contributed by atoms with Crippen LogP contribution in [0.5, 0.6) is 0 Å². The Hall–Kier alpha value is -1.84. The lowest BCUT2D eigenvalue weighted by Crippen LogP contribution is -2.50. The number of hydrogen-bond donors (Lipinski definition) is 2. The van der Waals surface area contributed by atoms with Crippen molar-refractivity contribution in [1.29, 1.82) is 0 Å². The first-order valence-electron chi connectivity index (χ1n) is 6.25. The van der Waals surface area contributed by atoms with Crippen molar-refractivity contribution in [3.63, 3.8) is 0 Å². The molecule has 0 aliphatic heterocycles. The van der Waals surface area contributed by atoms with E-state index >= 15 is 0 Å². The fraction of sp³-hybridized carbons (Fsp3) is 0.467. The number of benzene rings is 1. The third-order valence-corrected chi connectivity index (χ3v) is 3.14. The van der Waals surface area contributed by atoms with Gasteiger partial charge in [-0.15, -0.1) is 0 Å². The summed E-state index contributed by atoms with van der Waals surface area (Å²) in [5, 5.41) is 11.5. The van der Waals surface area contributed by atoms with Gasteiger partial charge in [0.2, 0.25) is 5.91 Å². The van der Waals surface area contributed by atoms with Crippen LogP contribution in [0, 0.1) is 0 Å². The van der Waals surface area contributed by atoms with Crippen LogP contribution in [0.2, 0.25) is 0 Å². The van der Waals surface area contributed by atoms with E-state index in [1.165, 1.54) is 13.8 Å². The van der Waals surface area contributed by atoms with E-state index in [0.717, 1.165) is 5.56 Å². The Kier molecular flexibility index (Phi) is 4.35. The number of hydrogen-bond acceptors (Lipinski definition) is 2. The topological polar surface area (TPSA) is 66.4 Å². The van der Waals surface area contributed by atoms with Gasteiger partial charge in [-0.1, -0.05) is 44.2 Å². The van der Waals surface area contributed by atoms with Crippen LogP contribution < -0.4 is 5.32 Å². The summed E-state index contributed by atoms with van der Waals surface area (Å²) < 4.78 is 0. The average Bonchev–Trinajstić information content (AvgIpc) is 2.28. The van der Waals surface area contributed by atoms with E-state index in [-0.39, 0.29) is 17.7 Å². The molecule has 4 nitrogen and oxygen atoms in total. The third kappa shape index (κ3) is 4.09. The molecule has 0 saturated carbocycles. The Labute approximate surface area is 113 Å². The molecule has 1 amide bonds. The van der Waals surface area contributed by atoms with Gasteiger partial charge in [0, 0.05) is 6.42 Å². The Morgan fingerprint density at radius 3 is 2.11 bits per heavy atom. The van der Waals surface area contributed by atoms with Crippen molar-refractivity contribution in [3.8, 4) is 0 Å². The Balaban J connectivity index is 2.74. The summed E-state index contributed by atoms with van der Waals surface area (Å²) in [7, 11) is 0.